The molecule has 3 heteroatoms. The van der Waals surface area contributed by atoms with E-state index >= 15 is 0 Å². The molecular formula is C22H33NO2. The molecule has 0 saturated heterocycles. The van der Waals surface area contributed by atoms with E-state index in [0.29, 0.717) is 11.8 Å². The highest BCUT2D eigenvalue weighted by Gasteiger charge is 2.58. The summed E-state index contributed by atoms with van der Waals surface area (Å²) in [6, 6.07) is 7.87. The van der Waals surface area contributed by atoms with Crippen LogP contribution < -0.4 is 10.1 Å². The highest BCUT2D eigenvalue weighted by Crippen LogP contribution is 2.60. The van der Waals surface area contributed by atoms with Crippen LogP contribution in [0, 0.1) is 23.2 Å². The second-order valence-corrected chi connectivity index (χ2v) is 8.30. The van der Waals surface area contributed by atoms with Crippen molar-refractivity contribution >= 4 is 11.6 Å². The Morgan fingerprint density at radius 2 is 1.96 bits per heavy atom. The number of para-hydroxylation sites is 2. The van der Waals surface area contributed by atoms with Gasteiger partial charge >= 0.3 is 0 Å². The number of carbonyl (C=O) groups is 1. The molecule has 0 radical (unpaired) electrons. The maximum atomic E-state index is 12.7. The Morgan fingerprint density at radius 1 is 1.24 bits per heavy atom. The Balaban J connectivity index is 1.60. The molecule has 2 unspecified atom stereocenters. The summed E-state index contributed by atoms with van der Waals surface area (Å²) in [5.41, 5.74) is 1.02. The second kappa shape index (κ2) is 7.80. The summed E-state index contributed by atoms with van der Waals surface area (Å²) in [7, 11) is 0. The lowest BCUT2D eigenvalue weighted by molar-refractivity contribution is -0.118. The summed E-state index contributed by atoms with van der Waals surface area (Å²) >= 11 is 0. The van der Waals surface area contributed by atoms with Gasteiger partial charge in [-0.2, -0.15) is 0 Å². The Morgan fingerprint density at radius 3 is 2.60 bits per heavy atom. The lowest BCUT2D eigenvalue weighted by Gasteiger charge is -2.23. The van der Waals surface area contributed by atoms with Crippen molar-refractivity contribution in [3.63, 3.8) is 0 Å². The third kappa shape index (κ3) is 4.02. The number of hydrogen-bond donors (Lipinski definition) is 1. The standard InChI is InChI=1S/C22H33NO2/c1-4-22(16(2)3)14-18(22)21(24)23-19-12-8-9-13-20(19)25-15-17-10-6-5-7-11-17/h8-9,12-13,16-18H,4-7,10-11,14-15H2,1-3H3,(H,23,24). The van der Waals surface area contributed by atoms with Crippen LogP contribution in [-0.2, 0) is 4.79 Å². The zero-order chi connectivity index (χ0) is 17.9. The molecule has 2 fully saturated rings. The Hall–Kier alpha value is -1.51. The van der Waals surface area contributed by atoms with Gasteiger partial charge in [-0.25, -0.2) is 0 Å². The predicted octanol–water partition coefficient (Wildman–Crippen LogP) is 5.66. The fourth-order valence-electron chi connectivity index (χ4n) is 4.59. The van der Waals surface area contributed by atoms with Crippen molar-refractivity contribution in [2.75, 3.05) is 11.9 Å². The van der Waals surface area contributed by atoms with Crippen molar-refractivity contribution in [2.45, 2.75) is 65.7 Å². The van der Waals surface area contributed by atoms with Gasteiger partial charge in [0.25, 0.3) is 0 Å². The highest BCUT2D eigenvalue weighted by atomic mass is 16.5. The van der Waals surface area contributed by atoms with Crippen molar-refractivity contribution in [3.8, 4) is 5.75 Å². The predicted molar refractivity (Wildman–Crippen MR) is 103 cm³/mol. The summed E-state index contributed by atoms with van der Waals surface area (Å²) in [6.45, 7) is 7.44. The summed E-state index contributed by atoms with van der Waals surface area (Å²) in [5.74, 6) is 2.32. The SMILES string of the molecule is CCC1(C(C)C)CC1C(=O)Nc1ccccc1OCC1CCCCC1. The minimum Gasteiger partial charge on any atom is -0.491 e. The molecule has 2 saturated carbocycles. The van der Waals surface area contributed by atoms with Gasteiger partial charge in [-0.3, -0.25) is 4.79 Å². The van der Waals surface area contributed by atoms with Gasteiger partial charge in [-0.15, -0.1) is 0 Å². The number of amides is 1. The molecule has 138 valence electrons. The number of rotatable bonds is 7. The van der Waals surface area contributed by atoms with Gasteiger partial charge in [0.05, 0.1) is 12.3 Å². The van der Waals surface area contributed by atoms with Gasteiger partial charge in [-0.05, 0) is 55.1 Å². The fraction of sp³-hybridized carbons (Fsp3) is 0.682. The van der Waals surface area contributed by atoms with Crippen LogP contribution in [0.25, 0.3) is 0 Å². The minimum atomic E-state index is 0.143. The fourth-order valence-corrected chi connectivity index (χ4v) is 4.59. The smallest absolute Gasteiger partial charge is 0.228 e. The van der Waals surface area contributed by atoms with E-state index in [1.54, 1.807) is 0 Å². The van der Waals surface area contributed by atoms with Gasteiger partial charge in [0.1, 0.15) is 5.75 Å². The molecule has 2 aliphatic rings. The first-order valence-corrected chi connectivity index (χ1v) is 10.1. The lowest BCUT2D eigenvalue weighted by Crippen LogP contribution is -2.22. The molecule has 1 N–H and O–H groups in total. The average molecular weight is 344 g/mol. The van der Waals surface area contributed by atoms with Crippen LogP contribution in [-0.4, -0.2) is 12.5 Å². The molecule has 1 aromatic carbocycles. The third-order valence-corrected chi connectivity index (χ3v) is 6.59. The molecule has 0 heterocycles. The molecule has 2 aliphatic carbocycles. The molecular weight excluding hydrogens is 310 g/mol. The molecule has 0 aromatic heterocycles. The molecule has 3 nitrogen and oxygen atoms in total. The molecule has 0 spiro atoms. The topological polar surface area (TPSA) is 38.3 Å². The van der Waals surface area contributed by atoms with Gasteiger partial charge in [0.15, 0.2) is 0 Å². The van der Waals surface area contributed by atoms with Crippen LogP contribution in [0.4, 0.5) is 5.69 Å². The number of ether oxygens (including phenoxy) is 1. The maximum absolute atomic E-state index is 12.7. The zero-order valence-corrected chi connectivity index (χ0v) is 16.0. The largest absolute Gasteiger partial charge is 0.491 e. The summed E-state index contributed by atoms with van der Waals surface area (Å²) < 4.78 is 6.09. The van der Waals surface area contributed by atoms with Crippen LogP contribution in [0.1, 0.15) is 65.7 Å². The van der Waals surface area contributed by atoms with E-state index in [9.17, 15) is 4.79 Å². The van der Waals surface area contributed by atoms with Gasteiger partial charge in [0.2, 0.25) is 5.91 Å². The van der Waals surface area contributed by atoms with Crippen molar-refractivity contribution in [2.24, 2.45) is 23.2 Å². The maximum Gasteiger partial charge on any atom is 0.228 e. The average Bonchev–Trinajstić information content (AvgIpc) is 3.38. The first-order chi connectivity index (χ1) is 12.1. The molecule has 0 aliphatic heterocycles. The van der Waals surface area contributed by atoms with Gasteiger partial charge in [-0.1, -0.05) is 52.2 Å². The van der Waals surface area contributed by atoms with E-state index in [1.807, 2.05) is 24.3 Å². The molecule has 3 rings (SSSR count). The van der Waals surface area contributed by atoms with Crippen LogP contribution in [0.3, 0.4) is 0 Å². The number of benzene rings is 1. The van der Waals surface area contributed by atoms with Gasteiger partial charge < -0.3 is 10.1 Å². The highest BCUT2D eigenvalue weighted by molar-refractivity contribution is 5.96. The molecule has 0 bridgehead atoms. The number of nitrogens with one attached hydrogen (secondary N) is 1. The first kappa shape index (κ1) is 18.3. The van der Waals surface area contributed by atoms with Crippen LogP contribution >= 0.6 is 0 Å². The van der Waals surface area contributed by atoms with E-state index in [1.165, 1.54) is 32.1 Å². The summed E-state index contributed by atoms with van der Waals surface area (Å²) in [6.07, 6.45) is 8.62. The molecule has 1 amide bonds. The molecule has 25 heavy (non-hydrogen) atoms. The van der Waals surface area contributed by atoms with Gasteiger partial charge in [0, 0.05) is 5.92 Å². The van der Waals surface area contributed by atoms with Crippen molar-refractivity contribution < 1.29 is 9.53 Å². The number of carbonyl (C=O) groups excluding carboxylic acids is 1. The Kier molecular flexibility index (Phi) is 5.71. The normalized spacial score (nSPS) is 26.5. The van der Waals surface area contributed by atoms with E-state index in [0.717, 1.165) is 30.9 Å². The summed E-state index contributed by atoms with van der Waals surface area (Å²) in [4.78, 5) is 12.7. The van der Waals surface area contributed by atoms with Crippen LogP contribution in [0.5, 0.6) is 5.75 Å². The van der Waals surface area contributed by atoms with Crippen molar-refractivity contribution in [1.82, 2.24) is 0 Å². The lowest BCUT2D eigenvalue weighted by atomic mass is 9.87. The van der Waals surface area contributed by atoms with Crippen LogP contribution in [0.2, 0.25) is 0 Å². The van der Waals surface area contributed by atoms with Crippen LogP contribution in [0.15, 0.2) is 24.3 Å². The number of anilines is 1. The van der Waals surface area contributed by atoms with E-state index < -0.39 is 0 Å². The van der Waals surface area contributed by atoms with E-state index in [-0.39, 0.29) is 17.2 Å². The van der Waals surface area contributed by atoms with Crippen molar-refractivity contribution in [3.05, 3.63) is 24.3 Å². The monoisotopic (exact) mass is 343 g/mol. The van der Waals surface area contributed by atoms with E-state index in [2.05, 4.69) is 26.1 Å². The van der Waals surface area contributed by atoms with E-state index in [4.69, 9.17) is 4.74 Å². The number of hydrogen-bond acceptors (Lipinski definition) is 2. The molecule has 2 atom stereocenters. The summed E-state index contributed by atoms with van der Waals surface area (Å²) in [5, 5.41) is 3.14. The second-order valence-electron chi connectivity index (χ2n) is 8.30. The first-order valence-electron chi connectivity index (χ1n) is 10.1. The minimum absolute atomic E-state index is 0.143. The zero-order valence-electron chi connectivity index (χ0n) is 16.0. The molecule has 1 aromatic rings. The Labute approximate surface area is 152 Å². The third-order valence-electron chi connectivity index (χ3n) is 6.59. The Bertz CT molecular complexity index is 591. The quantitative estimate of drug-likeness (QED) is 0.694. The van der Waals surface area contributed by atoms with Crippen molar-refractivity contribution in [1.29, 1.82) is 0 Å².